The van der Waals surface area contributed by atoms with Crippen LogP contribution in [0.3, 0.4) is 0 Å². The van der Waals surface area contributed by atoms with Crippen LogP contribution in [0.25, 0.3) is 0 Å². The number of rotatable bonds is 6. The number of hydrogen-bond acceptors (Lipinski definition) is 4. The Kier molecular flexibility index (Phi) is 6.33. The topological polar surface area (TPSA) is 46.6 Å². The first-order chi connectivity index (χ1) is 8.54. The van der Waals surface area contributed by atoms with Crippen molar-refractivity contribution < 1.29 is 14.3 Å². The maximum atomic E-state index is 11.8. The van der Waals surface area contributed by atoms with Crippen molar-refractivity contribution in [3.05, 3.63) is 0 Å². The highest BCUT2D eigenvalue weighted by molar-refractivity contribution is 5.84. The van der Waals surface area contributed by atoms with Crippen LogP contribution in [0.1, 0.15) is 46.5 Å². The summed E-state index contributed by atoms with van der Waals surface area (Å²) in [6, 6.07) is 0.463. The van der Waals surface area contributed by atoms with Crippen LogP contribution in [0.2, 0.25) is 0 Å². The molecule has 0 aliphatic carbocycles. The lowest BCUT2D eigenvalue weighted by atomic mass is 9.92. The van der Waals surface area contributed by atoms with E-state index in [1.807, 2.05) is 0 Å². The van der Waals surface area contributed by atoms with E-state index in [-0.39, 0.29) is 18.2 Å². The molecular formula is C14H25NO3. The Hall–Kier alpha value is -0.900. The zero-order valence-electron chi connectivity index (χ0n) is 11.8. The summed E-state index contributed by atoms with van der Waals surface area (Å²) in [5, 5.41) is 0. The maximum absolute atomic E-state index is 11.8. The number of esters is 1. The van der Waals surface area contributed by atoms with E-state index in [2.05, 4.69) is 18.7 Å². The predicted molar refractivity (Wildman–Crippen MR) is 70.3 cm³/mol. The molecule has 0 aromatic rings. The molecule has 0 amide bonds. The fourth-order valence-electron chi connectivity index (χ4n) is 2.42. The van der Waals surface area contributed by atoms with E-state index in [9.17, 15) is 9.59 Å². The number of piperidine rings is 1. The van der Waals surface area contributed by atoms with Gasteiger partial charge in [-0.1, -0.05) is 6.92 Å². The Morgan fingerprint density at radius 3 is 2.67 bits per heavy atom. The first kappa shape index (κ1) is 15.2. The van der Waals surface area contributed by atoms with E-state index in [0.29, 0.717) is 31.5 Å². The third kappa shape index (κ3) is 4.77. The molecule has 1 saturated heterocycles. The second kappa shape index (κ2) is 7.52. The number of carbonyl (C=O) groups is 2. The van der Waals surface area contributed by atoms with Crippen LogP contribution in [0.4, 0.5) is 0 Å². The summed E-state index contributed by atoms with van der Waals surface area (Å²) < 4.78 is 4.82. The summed E-state index contributed by atoms with van der Waals surface area (Å²) in [5.74, 6) is 0.520. The molecule has 1 aliphatic heterocycles. The molecule has 0 spiro atoms. The normalized spacial score (nSPS) is 24.8. The number of carbonyl (C=O) groups excluding carboxylic acids is 2. The van der Waals surface area contributed by atoms with Gasteiger partial charge in [0.15, 0.2) is 0 Å². The summed E-state index contributed by atoms with van der Waals surface area (Å²) in [5.41, 5.74) is 0. The van der Waals surface area contributed by atoms with E-state index >= 15 is 0 Å². The van der Waals surface area contributed by atoms with Crippen LogP contribution in [0, 0.1) is 5.92 Å². The second-order valence-electron chi connectivity index (χ2n) is 5.17. The first-order valence-corrected chi connectivity index (χ1v) is 6.96. The van der Waals surface area contributed by atoms with Gasteiger partial charge >= 0.3 is 5.97 Å². The van der Waals surface area contributed by atoms with Crippen molar-refractivity contribution in [2.24, 2.45) is 5.92 Å². The number of ketones is 1. The number of likely N-dealkylation sites (tertiary alicyclic amines) is 1. The molecule has 1 rings (SSSR count). The lowest BCUT2D eigenvalue weighted by molar-refractivity contribution is -0.144. The minimum Gasteiger partial charge on any atom is -0.466 e. The molecule has 104 valence electrons. The van der Waals surface area contributed by atoms with Gasteiger partial charge in [0.25, 0.3) is 0 Å². The predicted octanol–water partition coefficient (Wildman–Crippen LogP) is 2.02. The molecule has 4 heteroatoms. The van der Waals surface area contributed by atoms with Gasteiger partial charge in [0.05, 0.1) is 19.6 Å². The smallest absolute Gasteiger partial charge is 0.306 e. The monoisotopic (exact) mass is 255 g/mol. The van der Waals surface area contributed by atoms with E-state index in [1.165, 1.54) is 6.42 Å². The van der Waals surface area contributed by atoms with Crippen molar-refractivity contribution in [3.63, 3.8) is 0 Å². The Bertz CT molecular complexity index is 291. The minimum absolute atomic E-state index is 0.143. The number of nitrogens with zero attached hydrogens (tertiary/aromatic N) is 1. The average Bonchev–Trinajstić information content (AvgIpc) is 2.33. The molecule has 0 radical (unpaired) electrons. The fraction of sp³-hybridized carbons (Fsp3) is 0.857. The highest BCUT2D eigenvalue weighted by Gasteiger charge is 2.25. The SMILES string of the molecule is CCOC(=O)CCC(=O)CN1CCCC(C)C1C. The second-order valence-corrected chi connectivity index (χ2v) is 5.17. The van der Waals surface area contributed by atoms with Crippen LogP contribution in [-0.2, 0) is 14.3 Å². The summed E-state index contributed by atoms with van der Waals surface area (Å²) >= 11 is 0. The molecule has 1 heterocycles. The Balaban J connectivity index is 2.29. The molecule has 0 aromatic heterocycles. The summed E-state index contributed by atoms with van der Waals surface area (Å²) in [6.07, 6.45) is 2.92. The van der Waals surface area contributed by atoms with Crippen LogP contribution in [0.15, 0.2) is 0 Å². The molecule has 1 aliphatic rings. The fourth-order valence-corrected chi connectivity index (χ4v) is 2.42. The van der Waals surface area contributed by atoms with Gasteiger partial charge in [-0.2, -0.15) is 0 Å². The standard InChI is InChI=1S/C14H25NO3/c1-4-18-14(17)8-7-13(16)10-15-9-5-6-11(2)12(15)3/h11-12H,4-10H2,1-3H3. The molecule has 1 fully saturated rings. The highest BCUT2D eigenvalue weighted by Crippen LogP contribution is 2.22. The molecule has 4 nitrogen and oxygen atoms in total. The van der Waals surface area contributed by atoms with E-state index in [0.717, 1.165) is 13.0 Å². The van der Waals surface area contributed by atoms with Crippen LogP contribution >= 0.6 is 0 Å². The highest BCUT2D eigenvalue weighted by atomic mass is 16.5. The Labute approximate surface area is 110 Å². The van der Waals surface area contributed by atoms with E-state index in [1.54, 1.807) is 6.92 Å². The van der Waals surface area contributed by atoms with Crippen LogP contribution in [-0.4, -0.2) is 42.4 Å². The zero-order chi connectivity index (χ0) is 13.5. The average molecular weight is 255 g/mol. The molecule has 2 unspecified atom stereocenters. The maximum Gasteiger partial charge on any atom is 0.306 e. The number of ether oxygens (including phenoxy) is 1. The molecule has 2 atom stereocenters. The van der Waals surface area contributed by atoms with Crippen LogP contribution in [0.5, 0.6) is 0 Å². The van der Waals surface area contributed by atoms with Crippen molar-refractivity contribution in [3.8, 4) is 0 Å². The third-order valence-electron chi connectivity index (χ3n) is 3.80. The molecular weight excluding hydrogens is 230 g/mol. The van der Waals surface area contributed by atoms with Crippen molar-refractivity contribution >= 4 is 11.8 Å². The largest absolute Gasteiger partial charge is 0.466 e. The van der Waals surface area contributed by atoms with Crippen molar-refractivity contribution in [1.82, 2.24) is 4.90 Å². The van der Waals surface area contributed by atoms with E-state index in [4.69, 9.17) is 4.74 Å². The Morgan fingerprint density at radius 2 is 2.00 bits per heavy atom. The first-order valence-electron chi connectivity index (χ1n) is 6.96. The third-order valence-corrected chi connectivity index (χ3v) is 3.80. The quantitative estimate of drug-likeness (QED) is 0.681. The zero-order valence-corrected chi connectivity index (χ0v) is 11.8. The van der Waals surface area contributed by atoms with Gasteiger partial charge in [-0.3, -0.25) is 14.5 Å². The van der Waals surface area contributed by atoms with Gasteiger partial charge in [0.2, 0.25) is 0 Å². The van der Waals surface area contributed by atoms with Crippen molar-refractivity contribution in [2.45, 2.75) is 52.5 Å². The molecule has 18 heavy (non-hydrogen) atoms. The number of Topliss-reactive ketones (excluding diaryl/α,β-unsaturated/α-hetero) is 1. The van der Waals surface area contributed by atoms with Gasteiger partial charge < -0.3 is 4.74 Å². The summed E-state index contributed by atoms with van der Waals surface area (Å²) in [7, 11) is 0. The number of hydrogen-bond donors (Lipinski definition) is 0. The summed E-state index contributed by atoms with van der Waals surface area (Å²) in [6.45, 7) is 8.05. The van der Waals surface area contributed by atoms with Gasteiger partial charge in [0, 0.05) is 12.5 Å². The van der Waals surface area contributed by atoms with Gasteiger partial charge in [-0.05, 0) is 39.2 Å². The van der Waals surface area contributed by atoms with E-state index < -0.39 is 0 Å². The lowest BCUT2D eigenvalue weighted by Gasteiger charge is -2.37. The van der Waals surface area contributed by atoms with Gasteiger partial charge in [0.1, 0.15) is 5.78 Å². The van der Waals surface area contributed by atoms with Crippen LogP contribution < -0.4 is 0 Å². The molecule has 0 N–H and O–H groups in total. The van der Waals surface area contributed by atoms with Crippen molar-refractivity contribution in [2.75, 3.05) is 19.7 Å². The molecule has 0 saturated carbocycles. The minimum atomic E-state index is -0.272. The summed E-state index contributed by atoms with van der Waals surface area (Å²) in [4.78, 5) is 25.2. The van der Waals surface area contributed by atoms with Gasteiger partial charge in [-0.25, -0.2) is 0 Å². The molecule has 0 bridgehead atoms. The lowest BCUT2D eigenvalue weighted by Crippen LogP contribution is -2.44. The van der Waals surface area contributed by atoms with Crippen molar-refractivity contribution in [1.29, 1.82) is 0 Å². The van der Waals surface area contributed by atoms with Gasteiger partial charge in [-0.15, -0.1) is 0 Å². The Morgan fingerprint density at radius 1 is 1.28 bits per heavy atom. The molecule has 0 aromatic carbocycles.